The second kappa shape index (κ2) is 3.79. The molecular formula is C9H14N4. The second-order valence-corrected chi connectivity index (χ2v) is 3.47. The Morgan fingerprint density at radius 1 is 1.54 bits per heavy atom. The molecule has 1 N–H and O–H groups in total. The van der Waals surface area contributed by atoms with Gasteiger partial charge in [0, 0.05) is 12.5 Å². The zero-order valence-corrected chi connectivity index (χ0v) is 7.82. The first-order valence-corrected chi connectivity index (χ1v) is 4.73. The standard InChI is InChI=1S/C9H14N4/c1-7-9(13-12-6-11-7)8-3-2-4-10-5-8/h6,8,10H,2-5H2,1H3. The first-order chi connectivity index (χ1) is 6.38. The molecule has 1 unspecified atom stereocenters. The van der Waals surface area contributed by atoms with Gasteiger partial charge in [-0.05, 0) is 26.3 Å². The maximum Gasteiger partial charge on any atom is 0.138 e. The minimum atomic E-state index is 0.509. The van der Waals surface area contributed by atoms with Gasteiger partial charge in [0.25, 0.3) is 0 Å². The second-order valence-electron chi connectivity index (χ2n) is 3.47. The van der Waals surface area contributed by atoms with Crippen LogP contribution in [0.1, 0.15) is 30.1 Å². The van der Waals surface area contributed by atoms with Crippen LogP contribution in [0.4, 0.5) is 0 Å². The summed E-state index contributed by atoms with van der Waals surface area (Å²) in [6, 6.07) is 0. The Bertz CT molecular complexity index is 281. The number of rotatable bonds is 1. The zero-order valence-electron chi connectivity index (χ0n) is 7.82. The van der Waals surface area contributed by atoms with E-state index in [-0.39, 0.29) is 0 Å². The molecule has 0 saturated carbocycles. The van der Waals surface area contributed by atoms with E-state index in [4.69, 9.17) is 0 Å². The molecule has 2 heterocycles. The fourth-order valence-electron chi connectivity index (χ4n) is 1.80. The van der Waals surface area contributed by atoms with Crippen LogP contribution in [-0.4, -0.2) is 28.3 Å². The number of aromatic nitrogens is 3. The van der Waals surface area contributed by atoms with E-state index >= 15 is 0 Å². The van der Waals surface area contributed by atoms with E-state index in [2.05, 4.69) is 20.5 Å². The van der Waals surface area contributed by atoms with Crippen LogP contribution in [0.5, 0.6) is 0 Å². The van der Waals surface area contributed by atoms with Crippen LogP contribution in [-0.2, 0) is 0 Å². The Hall–Kier alpha value is -1.03. The molecule has 0 aromatic carbocycles. The van der Waals surface area contributed by atoms with Gasteiger partial charge >= 0.3 is 0 Å². The average Bonchev–Trinajstić information content (AvgIpc) is 2.20. The van der Waals surface area contributed by atoms with Crippen molar-refractivity contribution < 1.29 is 0 Å². The lowest BCUT2D eigenvalue weighted by Crippen LogP contribution is -2.29. The van der Waals surface area contributed by atoms with E-state index < -0.39 is 0 Å². The van der Waals surface area contributed by atoms with E-state index in [0.29, 0.717) is 5.92 Å². The van der Waals surface area contributed by atoms with Gasteiger partial charge in [-0.1, -0.05) is 0 Å². The third-order valence-corrected chi connectivity index (χ3v) is 2.52. The largest absolute Gasteiger partial charge is 0.316 e. The summed E-state index contributed by atoms with van der Waals surface area (Å²) < 4.78 is 0. The molecule has 1 saturated heterocycles. The predicted octanol–water partition coefficient (Wildman–Crippen LogP) is 0.647. The van der Waals surface area contributed by atoms with E-state index in [1.807, 2.05) is 6.92 Å². The lowest BCUT2D eigenvalue weighted by Gasteiger charge is -2.22. The molecule has 0 amide bonds. The first kappa shape index (κ1) is 8.56. The summed E-state index contributed by atoms with van der Waals surface area (Å²) in [6.07, 6.45) is 3.93. The number of piperidine rings is 1. The monoisotopic (exact) mass is 178 g/mol. The number of hydrogen-bond acceptors (Lipinski definition) is 4. The van der Waals surface area contributed by atoms with Gasteiger partial charge in [0.1, 0.15) is 6.33 Å². The third-order valence-electron chi connectivity index (χ3n) is 2.52. The highest BCUT2D eigenvalue weighted by molar-refractivity contribution is 5.13. The molecular weight excluding hydrogens is 164 g/mol. The molecule has 1 atom stereocenters. The highest BCUT2D eigenvalue weighted by Gasteiger charge is 2.18. The molecule has 0 aliphatic carbocycles. The van der Waals surface area contributed by atoms with Gasteiger partial charge in [-0.3, -0.25) is 0 Å². The first-order valence-electron chi connectivity index (χ1n) is 4.73. The van der Waals surface area contributed by atoms with Crippen LogP contribution in [0.3, 0.4) is 0 Å². The molecule has 13 heavy (non-hydrogen) atoms. The van der Waals surface area contributed by atoms with Crippen molar-refractivity contribution in [3.8, 4) is 0 Å². The molecule has 1 aromatic rings. The maximum atomic E-state index is 4.15. The van der Waals surface area contributed by atoms with Gasteiger partial charge in [-0.25, -0.2) is 4.98 Å². The van der Waals surface area contributed by atoms with Crippen LogP contribution in [0.2, 0.25) is 0 Å². The van der Waals surface area contributed by atoms with Gasteiger partial charge in [0.15, 0.2) is 0 Å². The van der Waals surface area contributed by atoms with Crippen molar-refractivity contribution in [3.63, 3.8) is 0 Å². The summed E-state index contributed by atoms with van der Waals surface area (Å²) in [5, 5.41) is 11.3. The molecule has 0 spiro atoms. The van der Waals surface area contributed by atoms with Gasteiger partial charge < -0.3 is 5.32 Å². The van der Waals surface area contributed by atoms with Crippen molar-refractivity contribution in [3.05, 3.63) is 17.7 Å². The molecule has 1 aromatic heterocycles. The van der Waals surface area contributed by atoms with Crippen molar-refractivity contribution >= 4 is 0 Å². The molecule has 0 bridgehead atoms. The fraction of sp³-hybridized carbons (Fsp3) is 0.667. The quantitative estimate of drug-likeness (QED) is 0.686. The summed E-state index contributed by atoms with van der Waals surface area (Å²) in [5.41, 5.74) is 2.08. The summed E-state index contributed by atoms with van der Waals surface area (Å²) in [6.45, 7) is 4.14. The Labute approximate surface area is 77.8 Å². The van der Waals surface area contributed by atoms with Crippen molar-refractivity contribution in [1.82, 2.24) is 20.5 Å². The lowest BCUT2D eigenvalue weighted by atomic mass is 9.95. The molecule has 1 aliphatic heterocycles. The normalized spacial score (nSPS) is 23.0. The lowest BCUT2D eigenvalue weighted by molar-refractivity contribution is 0.448. The Morgan fingerprint density at radius 3 is 3.15 bits per heavy atom. The van der Waals surface area contributed by atoms with E-state index in [1.54, 1.807) is 0 Å². The van der Waals surface area contributed by atoms with Crippen LogP contribution in [0.15, 0.2) is 6.33 Å². The Morgan fingerprint density at radius 2 is 2.46 bits per heavy atom. The SMILES string of the molecule is Cc1ncnnc1C1CCCNC1. The van der Waals surface area contributed by atoms with E-state index in [0.717, 1.165) is 24.5 Å². The smallest absolute Gasteiger partial charge is 0.138 e. The maximum absolute atomic E-state index is 4.15. The van der Waals surface area contributed by atoms with Crippen LogP contribution in [0.25, 0.3) is 0 Å². The molecule has 1 fully saturated rings. The topological polar surface area (TPSA) is 50.7 Å². The number of nitrogens with one attached hydrogen (secondary N) is 1. The molecule has 4 heteroatoms. The summed E-state index contributed by atoms with van der Waals surface area (Å²) in [7, 11) is 0. The van der Waals surface area contributed by atoms with Crippen LogP contribution in [0, 0.1) is 6.92 Å². The Balaban J connectivity index is 2.18. The summed E-state index contributed by atoms with van der Waals surface area (Å²) >= 11 is 0. The summed E-state index contributed by atoms with van der Waals surface area (Å²) in [5.74, 6) is 0.509. The van der Waals surface area contributed by atoms with Crippen LogP contribution >= 0.6 is 0 Å². The number of hydrogen-bond donors (Lipinski definition) is 1. The van der Waals surface area contributed by atoms with Gasteiger partial charge in [0.05, 0.1) is 11.4 Å². The van der Waals surface area contributed by atoms with Crippen molar-refractivity contribution in [2.24, 2.45) is 0 Å². The Kier molecular flexibility index (Phi) is 2.49. The number of aryl methyl sites for hydroxylation is 1. The van der Waals surface area contributed by atoms with Crippen molar-refractivity contribution in [1.29, 1.82) is 0 Å². The summed E-state index contributed by atoms with van der Waals surface area (Å²) in [4.78, 5) is 4.15. The van der Waals surface area contributed by atoms with Gasteiger partial charge in [-0.15, -0.1) is 5.10 Å². The van der Waals surface area contributed by atoms with E-state index in [9.17, 15) is 0 Å². The molecule has 1 aliphatic rings. The average molecular weight is 178 g/mol. The van der Waals surface area contributed by atoms with Crippen LogP contribution < -0.4 is 5.32 Å². The minimum absolute atomic E-state index is 0.509. The minimum Gasteiger partial charge on any atom is -0.316 e. The molecule has 0 radical (unpaired) electrons. The van der Waals surface area contributed by atoms with Crippen molar-refractivity contribution in [2.45, 2.75) is 25.7 Å². The van der Waals surface area contributed by atoms with E-state index in [1.165, 1.54) is 19.2 Å². The third kappa shape index (κ3) is 1.83. The molecule has 2 rings (SSSR count). The molecule has 70 valence electrons. The highest BCUT2D eigenvalue weighted by Crippen LogP contribution is 2.21. The number of nitrogens with zero attached hydrogens (tertiary/aromatic N) is 3. The van der Waals surface area contributed by atoms with Gasteiger partial charge in [-0.2, -0.15) is 5.10 Å². The predicted molar refractivity (Wildman–Crippen MR) is 49.4 cm³/mol. The fourth-order valence-corrected chi connectivity index (χ4v) is 1.80. The van der Waals surface area contributed by atoms with Gasteiger partial charge in [0.2, 0.25) is 0 Å². The van der Waals surface area contributed by atoms with Crippen molar-refractivity contribution in [2.75, 3.05) is 13.1 Å². The highest BCUT2D eigenvalue weighted by atomic mass is 15.1. The zero-order chi connectivity index (χ0) is 9.10. The molecule has 4 nitrogen and oxygen atoms in total.